The molecule has 0 saturated carbocycles. The molecule has 5 heteroatoms. The minimum Gasteiger partial charge on any atom is -0.494 e. The van der Waals surface area contributed by atoms with E-state index in [-0.39, 0.29) is 12.4 Å². The van der Waals surface area contributed by atoms with Crippen LogP contribution in [-0.2, 0) is 6.61 Å². The average molecular weight is 222 g/mol. The maximum atomic E-state index is 13.2. The van der Waals surface area contributed by atoms with Crippen LogP contribution in [-0.4, -0.2) is 22.2 Å². The van der Waals surface area contributed by atoms with Crippen LogP contribution >= 0.6 is 0 Å². The van der Waals surface area contributed by atoms with Crippen molar-refractivity contribution in [1.82, 2.24) is 9.97 Å². The average Bonchev–Trinajstić information content (AvgIpc) is 2.78. The van der Waals surface area contributed by atoms with Crippen LogP contribution in [0.3, 0.4) is 0 Å². The number of H-pyrrole nitrogens is 1. The van der Waals surface area contributed by atoms with E-state index in [2.05, 4.69) is 9.97 Å². The molecule has 0 aliphatic heterocycles. The van der Waals surface area contributed by atoms with Crippen LogP contribution in [0.15, 0.2) is 24.4 Å². The molecule has 0 saturated heterocycles. The fourth-order valence-corrected chi connectivity index (χ4v) is 1.39. The van der Waals surface area contributed by atoms with Gasteiger partial charge in [-0.15, -0.1) is 0 Å². The largest absolute Gasteiger partial charge is 0.494 e. The summed E-state index contributed by atoms with van der Waals surface area (Å²) in [5.41, 5.74) is 1.32. The van der Waals surface area contributed by atoms with E-state index in [4.69, 9.17) is 9.84 Å². The normalized spacial score (nSPS) is 10.4. The van der Waals surface area contributed by atoms with Crippen molar-refractivity contribution in [2.24, 2.45) is 0 Å². The standard InChI is InChI=1S/C11H11FN2O2/c1-16-10-4-7(2-3-9(10)12)11-13-5-8(6-15)14-11/h2-5,15H,6H2,1H3,(H,13,14). The summed E-state index contributed by atoms with van der Waals surface area (Å²) >= 11 is 0. The predicted octanol–water partition coefficient (Wildman–Crippen LogP) is 1.72. The van der Waals surface area contributed by atoms with Crippen molar-refractivity contribution in [1.29, 1.82) is 0 Å². The van der Waals surface area contributed by atoms with Gasteiger partial charge in [-0.2, -0.15) is 0 Å². The highest BCUT2D eigenvalue weighted by atomic mass is 19.1. The lowest BCUT2D eigenvalue weighted by Crippen LogP contribution is -1.90. The Morgan fingerprint density at radius 3 is 2.94 bits per heavy atom. The Morgan fingerprint density at radius 1 is 1.50 bits per heavy atom. The molecule has 0 unspecified atom stereocenters. The molecular formula is C11H11FN2O2. The van der Waals surface area contributed by atoms with Crippen LogP contribution in [0, 0.1) is 5.82 Å². The Morgan fingerprint density at radius 2 is 2.31 bits per heavy atom. The summed E-state index contributed by atoms with van der Waals surface area (Å²) in [7, 11) is 1.41. The lowest BCUT2D eigenvalue weighted by Gasteiger charge is -2.03. The van der Waals surface area contributed by atoms with Gasteiger partial charge in [-0.3, -0.25) is 0 Å². The van der Waals surface area contributed by atoms with Gasteiger partial charge in [-0.25, -0.2) is 9.37 Å². The van der Waals surface area contributed by atoms with E-state index in [1.54, 1.807) is 12.1 Å². The second-order valence-electron chi connectivity index (χ2n) is 3.26. The first-order valence-corrected chi connectivity index (χ1v) is 4.73. The fourth-order valence-electron chi connectivity index (χ4n) is 1.39. The van der Waals surface area contributed by atoms with E-state index >= 15 is 0 Å². The predicted molar refractivity (Wildman–Crippen MR) is 56.5 cm³/mol. The Balaban J connectivity index is 2.40. The first kappa shape index (κ1) is 10.6. The van der Waals surface area contributed by atoms with E-state index < -0.39 is 5.82 Å². The summed E-state index contributed by atoms with van der Waals surface area (Å²) in [6, 6.07) is 4.46. The molecule has 1 heterocycles. The molecule has 4 nitrogen and oxygen atoms in total. The van der Waals surface area contributed by atoms with E-state index in [0.717, 1.165) is 0 Å². The Labute approximate surface area is 91.7 Å². The molecule has 0 aliphatic carbocycles. The molecular weight excluding hydrogens is 211 g/mol. The summed E-state index contributed by atoms with van der Waals surface area (Å²) in [5.74, 6) is 0.321. The van der Waals surface area contributed by atoms with Crippen LogP contribution in [0.5, 0.6) is 5.75 Å². The van der Waals surface area contributed by atoms with E-state index in [9.17, 15) is 4.39 Å². The van der Waals surface area contributed by atoms with Crippen LogP contribution in [0.2, 0.25) is 0 Å². The molecule has 2 N–H and O–H groups in total. The van der Waals surface area contributed by atoms with E-state index in [1.165, 1.54) is 19.4 Å². The second-order valence-corrected chi connectivity index (χ2v) is 3.26. The molecule has 16 heavy (non-hydrogen) atoms. The number of aromatic nitrogens is 2. The van der Waals surface area contributed by atoms with Crippen molar-refractivity contribution < 1.29 is 14.2 Å². The number of methoxy groups -OCH3 is 1. The Bertz CT molecular complexity index is 496. The summed E-state index contributed by atoms with van der Waals surface area (Å²) in [6.45, 7) is -0.106. The first-order chi connectivity index (χ1) is 7.74. The zero-order chi connectivity index (χ0) is 11.5. The number of benzene rings is 1. The van der Waals surface area contributed by atoms with Gasteiger partial charge in [0, 0.05) is 5.56 Å². The third-order valence-electron chi connectivity index (χ3n) is 2.22. The molecule has 1 aromatic heterocycles. The van der Waals surface area contributed by atoms with Crippen LogP contribution in [0.1, 0.15) is 5.69 Å². The number of nitrogens with zero attached hydrogens (tertiary/aromatic N) is 1. The number of aliphatic hydroxyl groups is 1. The smallest absolute Gasteiger partial charge is 0.165 e. The van der Waals surface area contributed by atoms with Gasteiger partial charge in [0.15, 0.2) is 11.6 Å². The van der Waals surface area contributed by atoms with Gasteiger partial charge in [0.1, 0.15) is 5.82 Å². The summed E-state index contributed by atoms with van der Waals surface area (Å²) in [4.78, 5) is 6.98. The number of aromatic amines is 1. The van der Waals surface area contributed by atoms with Gasteiger partial charge >= 0.3 is 0 Å². The molecule has 0 bridgehead atoms. The number of hydrogen-bond acceptors (Lipinski definition) is 3. The fraction of sp³-hybridized carbons (Fsp3) is 0.182. The van der Waals surface area contributed by atoms with Gasteiger partial charge < -0.3 is 14.8 Å². The summed E-state index contributed by atoms with van der Waals surface area (Å²) < 4.78 is 18.0. The Hall–Kier alpha value is -1.88. The molecule has 2 aromatic rings. The SMILES string of the molecule is COc1cc(-c2ncc(CO)[nH]2)ccc1F. The Kier molecular flexibility index (Phi) is 2.87. The minimum absolute atomic E-state index is 0.106. The zero-order valence-electron chi connectivity index (χ0n) is 8.70. The first-order valence-electron chi connectivity index (χ1n) is 4.73. The van der Waals surface area contributed by atoms with Gasteiger partial charge in [0.05, 0.1) is 25.6 Å². The molecule has 0 aliphatic rings. The number of hydrogen-bond donors (Lipinski definition) is 2. The molecule has 0 spiro atoms. The third-order valence-corrected chi connectivity index (χ3v) is 2.22. The molecule has 84 valence electrons. The van der Waals surface area contributed by atoms with Crippen LogP contribution in [0.4, 0.5) is 4.39 Å². The highest BCUT2D eigenvalue weighted by molar-refractivity contribution is 5.58. The highest BCUT2D eigenvalue weighted by Gasteiger charge is 2.07. The van der Waals surface area contributed by atoms with Crippen molar-refractivity contribution >= 4 is 0 Å². The lowest BCUT2D eigenvalue weighted by atomic mass is 10.2. The quantitative estimate of drug-likeness (QED) is 0.831. The van der Waals surface area contributed by atoms with Crippen molar-refractivity contribution in [3.05, 3.63) is 35.9 Å². The minimum atomic E-state index is -0.416. The molecule has 0 atom stereocenters. The van der Waals surface area contributed by atoms with Crippen molar-refractivity contribution in [2.45, 2.75) is 6.61 Å². The summed E-state index contributed by atoms with van der Waals surface area (Å²) in [5, 5.41) is 8.89. The number of rotatable bonds is 3. The number of nitrogens with one attached hydrogen (secondary N) is 1. The monoisotopic (exact) mass is 222 g/mol. The maximum absolute atomic E-state index is 13.2. The third kappa shape index (κ3) is 1.90. The molecule has 0 amide bonds. The zero-order valence-corrected chi connectivity index (χ0v) is 8.70. The number of aliphatic hydroxyl groups excluding tert-OH is 1. The van der Waals surface area contributed by atoms with Gasteiger partial charge in [-0.05, 0) is 18.2 Å². The van der Waals surface area contributed by atoms with Crippen molar-refractivity contribution in [3.63, 3.8) is 0 Å². The maximum Gasteiger partial charge on any atom is 0.165 e. The molecule has 0 fully saturated rings. The van der Waals surface area contributed by atoms with E-state index in [0.29, 0.717) is 17.1 Å². The molecule has 0 radical (unpaired) electrons. The van der Waals surface area contributed by atoms with Crippen LogP contribution < -0.4 is 4.74 Å². The molecule has 2 rings (SSSR count). The molecule has 1 aromatic carbocycles. The number of ether oxygens (including phenoxy) is 1. The van der Waals surface area contributed by atoms with Gasteiger partial charge in [0.2, 0.25) is 0 Å². The number of halogens is 1. The van der Waals surface area contributed by atoms with Gasteiger partial charge in [0.25, 0.3) is 0 Å². The van der Waals surface area contributed by atoms with E-state index in [1.807, 2.05) is 0 Å². The van der Waals surface area contributed by atoms with Crippen molar-refractivity contribution in [3.8, 4) is 17.1 Å². The lowest BCUT2D eigenvalue weighted by molar-refractivity contribution is 0.277. The highest BCUT2D eigenvalue weighted by Crippen LogP contribution is 2.24. The number of imidazole rings is 1. The topological polar surface area (TPSA) is 58.1 Å². The second kappa shape index (κ2) is 4.32. The van der Waals surface area contributed by atoms with Gasteiger partial charge in [-0.1, -0.05) is 0 Å². The van der Waals surface area contributed by atoms with Crippen molar-refractivity contribution in [2.75, 3.05) is 7.11 Å². The van der Waals surface area contributed by atoms with Crippen LogP contribution in [0.25, 0.3) is 11.4 Å². The summed E-state index contributed by atoms with van der Waals surface area (Å²) in [6.07, 6.45) is 1.53.